The lowest BCUT2D eigenvalue weighted by Crippen LogP contribution is -2.33. The van der Waals surface area contributed by atoms with Crippen LogP contribution in [0.2, 0.25) is 10.0 Å². The molecule has 2 N–H and O–H groups in total. The molecular formula is C13H13Cl2N3O. The van der Waals surface area contributed by atoms with Crippen LogP contribution in [0.5, 0.6) is 0 Å². The Morgan fingerprint density at radius 2 is 1.74 bits per heavy atom. The molecule has 2 aromatic rings. The molecule has 0 spiro atoms. The van der Waals surface area contributed by atoms with E-state index in [4.69, 9.17) is 33.5 Å². The molecule has 1 saturated carbocycles. The third-order valence-electron chi connectivity index (χ3n) is 3.47. The number of rotatable bonds is 2. The van der Waals surface area contributed by atoms with Crippen molar-refractivity contribution in [3.8, 4) is 11.4 Å². The minimum absolute atomic E-state index is 0.469. The Labute approximate surface area is 120 Å². The number of hydrogen-bond acceptors (Lipinski definition) is 4. The lowest BCUT2D eigenvalue weighted by atomic mass is 9.99. The van der Waals surface area contributed by atoms with Crippen molar-refractivity contribution in [1.29, 1.82) is 0 Å². The Morgan fingerprint density at radius 3 is 2.37 bits per heavy atom. The average molecular weight is 298 g/mol. The van der Waals surface area contributed by atoms with E-state index >= 15 is 0 Å². The summed E-state index contributed by atoms with van der Waals surface area (Å²) in [7, 11) is 0. The van der Waals surface area contributed by atoms with Gasteiger partial charge < -0.3 is 10.3 Å². The molecule has 0 bridgehead atoms. The average Bonchev–Trinajstić information content (AvgIpc) is 2.96. The molecular weight excluding hydrogens is 285 g/mol. The van der Waals surface area contributed by atoms with Crippen molar-refractivity contribution in [2.75, 3.05) is 0 Å². The van der Waals surface area contributed by atoms with Crippen LogP contribution in [0.25, 0.3) is 11.4 Å². The Bertz CT molecular complexity index is 585. The predicted octanol–water partition coefficient (Wildman–Crippen LogP) is 3.77. The van der Waals surface area contributed by atoms with Crippen molar-refractivity contribution in [2.45, 2.75) is 31.2 Å². The van der Waals surface area contributed by atoms with Crippen LogP contribution in [0.15, 0.2) is 22.7 Å². The fourth-order valence-electron chi connectivity index (χ4n) is 2.45. The van der Waals surface area contributed by atoms with E-state index in [-0.39, 0.29) is 0 Å². The van der Waals surface area contributed by atoms with Crippen LogP contribution >= 0.6 is 23.2 Å². The first-order chi connectivity index (χ1) is 9.07. The predicted molar refractivity (Wildman–Crippen MR) is 74.1 cm³/mol. The highest BCUT2D eigenvalue weighted by Gasteiger charge is 2.36. The van der Waals surface area contributed by atoms with E-state index in [0.29, 0.717) is 21.8 Å². The molecule has 0 amide bonds. The Balaban J connectivity index is 1.96. The maximum Gasteiger partial charge on any atom is 0.247 e. The number of nitrogens with two attached hydrogens (primary N) is 1. The maximum atomic E-state index is 6.28. The normalized spacial score (nSPS) is 17.8. The summed E-state index contributed by atoms with van der Waals surface area (Å²) in [5, 5.41) is 5.05. The van der Waals surface area contributed by atoms with Crippen LogP contribution < -0.4 is 5.73 Å². The fraction of sp³-hybridized carbons (Fsp3) is 0.385. The van der Waals surface area contributed by atoms with Gasteiger partial charge in [-0.1, -0.05) is 41.2 Å². The molecule has 19 heavy (non-hydrogen) atoms. The first kappa shape index (κ1) is 12.9. The zero-order chi connectivity index (χ0) is 13.5. The van der Waals surface area contributed by atoms with Crippen molar-refractivity contribution >= 4 is 23.2 Å². The summed E-state index contributed by atoms with van der Waals surface area (Å²) in [4.78, 5) is 4.40. The lowest BCUT2D eigenvalue weighted by Gasteiger charge is -2.17. The first-order valence-electron chi connectivity index (χ1n) is 6.16. The summed E-state index contributed by atoms with van der Waals surface area (Å²) >= 11 is 11.9. The Hall–Kier alpha value is -1.10. The number of benzene rings is 1. The van der Waals surface area contributed by atoms with Crippen molar-refractivity contribution in [3.63, 3.8) is 0 Å². The molecule has 0 atom stereocenters. The molecule has 1 aromatic heterocycles. The van der Waals surface area contributed by atoms with E-state index in [0.717, 1.165) is 31.2 Å². The van der Waals surface area contributed by atoms with Crippen LogP contribution in [-0.4, -0.2) is 10.1 Å². The van der Waals surface area contributed by atoms with Crippen molar-refractivity contribution in [1.82, 2.24) is 10.1 Å². The molecule has 1 aromatic carbocycles. The van der Waals surface area contributed by atoms with Crippen molar-refractivity contribution < 1.29 is 4.52 Å². The molecule has 100 valence electrons. The smallest absolute Gasteiger partial charge is 0.247 e. The van der Waals surface area contributed by atoms with Crippen LogP contribution in [0, 0.1) is 0 Å². The molecule has 0 radical (unpaired) electrons. The summed E-state index contributed by atoms with van der Waals surface area (Å²) in [6, 6.07) is 5.16. The van der Waals surface area contributed by atoms with Gasteiger partial charge in [-0.15, -0.1) is 0 Å². The zero-order valence-corrected chi connectivity index (χ0v) is 11.7. The quantitative estimate of drug-likeness (QED) is 0.916. The zero-order valence-electron chi connectivity index (χ0n) is 10.2. The summed E-state index contributed by atoms with van der Waals surface area (Å²) < 4.78 is 5.31. The third-order valence-corrected chi connectivity index (χ3v) is 3.90. The molecule has 4 nitrogen and oxygen atoms in total. The van der Waals surface area contributed by atoms with E-state index in [1.54, 1.807) is 18.2 Å². The molecule has 1 heterocycles. The van der Waals surface area contributed by atoms with Gasteiger partial charge in [-0.25, -0.2) is 0 Å². The van der Waals surface area contributed by atoms with Crippen LogP contribution in [0.3, 0.4) is 0 Å². The summed E-state index contributed by atoms with van der Waals surface area (Å²) in [6.07, 6.45) is 3.95. The fourth-order valence-corrected chi connectivity index (χ4v) is 2.97. The minimum atomic E-state index is -0.479. The van der Waals surface area contributed by atoms with Crippen molar-refractivity contribution in [3.05, 3.63) is 34.1 Å². The highest BCUT2D eigenvalue weighted by molar-refractivity contribution is 6.35. The second-order valence-corrected chi connectivity index (χ2v) is 5.82. The van der Waals surface area contributed by atoms with Gasteiger partial charge in [0.25, 0.3) is 0 Å². The Kier molecular flexibility index (Phi) is 3.25. The minimum Gasteiger partial charge on any atom is -0.337 e. The molecule has 0 unspecified atom stereocenters. The number of hydrogen-bond donors (Lipinski definition) is 1. The SMILES string of the molecule is NC1(c2nc(-c3cc(Cl)cc(Cl)c3)no2)CCCC1. The Morgan fingerprint density at radius 1 is 1.11 bits per heavy atom. The monoisotopic (exact) mass is 297 g/mol. The molecule has 1 aliphatic rings. The molecule has 0 saturated heterocycles. The summed E-state index contributed by atoms with van der Waals surface area (Å²) in [6.45, 7) is 0. The molecule has 1 fully saturated rings. The summed E-state index contributed by atoms with van der Waals surface area (Å²) in [5.74, 6) is 0.965. The molecule has 6 heteroatoms. The standard InChI is InChI=1S/C13H13Cl2N3O/c14-9-5-8(6-10(15)7-9)11-17-12(19-18-11)13(16)3-1-2-4-13/h5-7H,1-4,16H2. The largest absolute Gasteiger partial charge is 0.337 e. The number of aromatic nitrogens is 2. The van der Waals surface area contributed by atoms with Crippen molar-refractivity contribution in [2.24, 2.45) is 5.73 Å². The highest BCUT2D eigenvalue weighted by Crippen LogP contribution is 2.36. The van der Waals surface area contributed by atoms with Crippen LogP contribution in [0.1, 0.15) is 31.6 Å². The topological polar surface area (TPSA) is 64.9 Å². The van der Waals surface area contributed by atoms with E-state index in [2.05, 4.69) is 10.1 Å². The summed E-state index contributed by atoms with van der Waals surface area (Å²) in [5.41, 5.74) is 6.54. The molecule has 1 aliphatic carbocycles. The van der Waals surface area contributed by atoms with Gasteiger partial charge in [0.2, 0.25) is 11.7 Å². The van der Waals surface area contributed by atoms with Gasteiger partial charge in [0, 0.05) is 15.6 Å². The lowest BCUT2D eigenvalue weighted by molar-refractivity contribution is 0.285. The van der Waals surface area contributed by atoms with Crippen LogP contribution in [-0.2, 0) is 5.54 Å². The van der Waals surface area contributed by atoms with E-state index < -0.39 is 5.54 Å². The third kappa shape index (κ3) is 2.48. The van der Waals surface area contributed by atoms with Gasteiger partial charge in [-0.2, -0.15) is 4.98 Å². The second kappa shape index (κ2) is 4.78. The number of halogens is 2. The maximum absolute atomic E-state index is 6.28. The van der Waals surface area contributed by atoms with Gasteiger partial charge in [0.05, 0.1) is 5.54 Å². The number of nitrogens with zero attached hydrogens (tertiary/aromatic N) is 2. The second-order valence-electron chi connectivity index (χ2n) is 4.94. The van der Waals surface area contributed by atoms with E-state index in [9.17, 15) is 0 Å². The van der Waals surface area contributed by atoms with Gasteiger partial charge in [-0.05, 0) is 31.0 Å². The highest BCUT2D eigenvalue weighted by atomic mass is 35.5. The van der Waals surface area contributed by atoms with Gasteiger partial charge in [0.1, 0.15) is 0 Å². The van der Waals surface area contributed by atoms with E-state index in [1.165, 1.54) is 0 Å². The van der Waals surface area contributed by atoms with Gasteiger partial charge >= 0.3 is 0 Å². The van der Waals surface area contributed by atoms with Gasteiger partial charge in [0.15, 0.2) is 0 Å². The first-order valence-corrected chi connectivity index (χ1v) is 6.92. The molecule has 0 aliphatic heterocycles. The van der Waals surface area contributed by atoms with Gasteiger partial charge in [-0.3, -0.25) is 0 Å². The van der Waals surface area contributed by atoms with Crippen LogP contribution in [0.4, 0.5) is 0 Å². The molecule has 3 rings (SSSR count). The van der Waals surface area contributed by atoms with E-state index in [1.807, 2.05) is 0 Å².